The minimum Gasteiger partial charge on any atom is -0.387 e. The van der Waals surface area contributed by atoms with Crippen LogP contribution in [-0.4, -0.2) is 92.0 Å². The number of aliphatic hydroxyl groups excluding tert-OH is 2. The first kappa shape index (κ1) is 28.5. The summed E-state index contributed by atoms with van der Waals surface area (Å²) in [7, 11) is 0. The van der Waals surface area contributed by atoms with E-state index in [-0.39, 0.29) is 12.3 Å². The maximum Gasteiger partial charge on any atom is 0.330 e. The van der Waals surface area contributed by atoms with Gasteiger partial charge in [-0.1, -0.05) is 41.9 Å². The lowest BCUT2D eigenvalue weighted by atomic mass is 10.0. The molecular weight excluding hydrogens is 556 g/mol. The summed E-state index contributed by atoms with van der Waals surface area (Å²) < 4.78 is 6.46. The van der Waals surface area contributed by atoms with Gasteiger partial charge in [0.05, 0.1) is 5.02 Å². The standard InChI is InChI=1S/C27H29ClN6O7/c28-17-6-7-19(29-15-17)32-10-12-33(13-11-32)25(39)18(14-16-4-2-1-3-5-16)30-24(38)23-21(36)22(37)26(41-23)34-9-8-20(35)31-27(34)40/h1-9,15,18,21-23,26,36-37H,10-14H2,(H,30,38)(H,31,35,40)/t18-,21+,22-,23+,26-/m1/s1. The Bertz CT molecular complexity index is 1490. The fraction of sp³-hybridized carbons (Fsp3) is 0.370. The van der Waals surface area contributed by atoms with E-state index in [0.717, 1.165) is 28.2 Å². The molecule has 3 aromatic rings. The van der Waals surface area contributed by atoms with Gasteiger partial charge in [0.1, 0.15) is 24.1 Å². The molecule has 0 aliphatic carbocycles. The number of benzene rings is 1. The van der Waals surface area contributed by atoms with Crippen LogP contribution in [-0.2, 0) is 20.7 Å². The number of hydrogen-bond acceptors (Lipinski definition) is 9. The summed E-state index contributed by atoms with van der Waals surface area (Å²) in [5.41, 5.74) is -0.721. The summed E-state index contributed by atoms with van der Waals surface area (Å²) in [4.78, 5) is 60.7. The predicted octanol–water partition coefficient (Wildman–Crippen LogP) is -0.719. The van der Waals surface area contributed by atoms with Gasteiger partial charge in [-0.3, -0.25) is 23.9 Å². The van der Waals surface area contributed by atoms with Crippen LogP contribution in [0.25, 0.3) is 0 Å². The van der Waals surface area contributed by atoms with E-state index in [1.165, 1.54) is 0 Å². The zero-order valence-electron chi connectivity index (χ0n) is 21.8. The van der Waals surface area contributed by atoms with Gasteiger partial charge in [-0.15, -0.1) is 0 Å². The van der Waals surface area contributed by atoms with E-state index < -0.39 is 47.7 Å². The van der Waals surface area contributed by atoms with Gasteiger partial charge in [-0.05, 0) is 17.7 Å². The number of pyridine rings is 1. The fourth-order valence-electron chi connectivity index (χ4n) is 4.97. The second-order valence-corrected chi connectivity index (χ2v) is 10.3. The van der Waals surface area contributed by atoms with Gasteiger partial charge in [-0.2, -0.15) is 0 Å². The number of aliphatic hydroxyl groups is 2. The van der Waals surface area contributed by atoms with Gasteiger partial charge in [-0.25, -0.2) is 9.78 Å². The van der Waals surface area contributed by atoms with E-state index in [4.69, 9.17) is 16.3 Å². The van der Waals surface area contributed by atoms with Crippen LogP contribution in [0.1, 0.15) is 11.8 Å². The van der Waals surface area contributed by atoms with Crippen LogP contribution in [0, 0.1) is 0 Å². The average molecular weight is 585 g/mol. The number of nitrogens with zero attached hydrogens (tertiary/aromatic N) is 4. The Labute approximate surface area is 239 Å². The van der Waals surface area contributed by atoms with Gasteiger partial charge in [0.2, 0.25) is 5.91 Å². The Kier molecular flexibility index (Phi) is 8.49. The molecule has 0 saturated carbocycles. The summed E-state index contributed by atoms with van der Waals surface area (Å²) in [6.45, 7) is 1.84. The van der Waals surface area contributed by atoms with E-state index >= 15 is 0 Å². The Hall–Kier alpha value is -4.04. The van der Waals surface area contributed by atoms with Crippen molar-refractivity contribution in [1.82, 2.24) is 24.8 Å². The van der Waals surface area contributed by atoms with Crippen molar-refractivity contribution in [2.24, 2.45) is 0 Å². The van der Waals surface area contributed by atoms with Crippen molar-refractivity contribution in [2.45, 2.75) is 37.0 Å². The minimum atomic E-state index is -1.69. The van der Waals surface area contributed by atoms with Crippen molar-refractivity contribution in [3.8, 4) is 0 Å². The van der Waals surface area contributed by atoms with E-state index in [0.29, 0.717) is 31.2 Å². The summed E-state index contributed by atoms with van der Waals surface area (Å²) in [6, 6.07) is 12.8. The van der Waals surface area contributed by atoms with Crippen LogP contribution in [0.15, 0.2) is 70.5 Å². The first-order valence-electron chi connectivity index (χ1n) is 13.0. The Morgan fingerprint density at radius 2 is 1.78 bits per heavy atom. The number of ether oxygens (including phenoxy) is 1. The summed E-state index contributed by atoms with van der Waals surface area (Å²) in [5.74, 6) is -0.389. The predicted molar refractivity (Wildman–Crippen MR) is 147 cm³/mol. The number of rotatable bonds is 7. The zero-order chi connectivity index (χ0) is 29.1. The number of halogens is 1. The SMILES string of the molecule is O=C(N[C@H](Cc1ccccc1)C(=O)N1CCN(c2ccc(Cl)cn2)CC1)[C@H]1O[C@@H](n2ccc(=O)[nH]c2=O)[C@H](O)[C@@H]1O. The highest BCUT2D eigenvalue weighted by atomic mass is 35.5. The van der Waals surface area contributed by atoms with Crippen LogP contribution in [0.2, 0.25) is 5.02 Å². The van der Waals surface area contributed by atoms with Crippen molar-refractivity contribution in [3.05, 3.63) is 92.3 Å². The van der Waals surface area contributed by atoms with Crippen LogP contribution in [0.5, 0.6) is 0 Å². The first-order valence-corrected chi connectivity index (χ1v) is 13.4. The lowest BCUT2D eigenvalue weighted by Crippen LogP contribution is -2.57. The Morgan fingerprint density at radius 3 is 2.44 bits per heavy atom. The quantitative estimate of drug-likeness (QED) is 0.280. The van der Waals surface area contributed by atoms with Gasteiger partial charge < -0.3 is 30.1 Å². The summed E-state index contributed by atoms with van der Waals surface area (Å²) >= 11 is 5.94. The molecule has 2 amide bonds. The number of anilines is 1. The monoisotopic (exact) mass is 584 g/mol. The molecule has 0 bridgehead atoms. The third-order valence-electron chi connectivity index (χ3n) is 7.15. The normalized spacial score (nSPS) is 23.3. The molecule has 2 aliphatic rings. The smallest absolute Gasteiger partial charge is 0.330 e. The van der Waals surface area contributed by atoms with E-state index in [2.05, 4.69) is 10.3 Å². The maximum atomic E-state index is 13.7. The molecule has 0 radical (unpaired) electrons. The van der Waals surface area contributed by atoms with E-state index in [1.54, 1.807) is 17.2 Å². The van der Waals surface area contributed by atoms with Gasteiger partial charge >= 0.3 is 5.69 Å². The number of carbonyl (C=O) groups excluding carboxylic acids is 2. The maximum absolute atomic E-state index is 13.7. The molecule has 216 valence electrons. The van der Waals surface area contributed by atoms with E-state index in [1.807, 2.05) is 46.3 Å². The largest absolute Gasteiger partial charge is 0.387 e. The number of aromatic amines is 1. The number of amides is 2. The number of H-pyrrole nitrogens is 1. The lowest BCUT2D eigenvalue weighted by molar-refractivity contribution is -0.143. The minimum absolute atomic E-state index is 0.179. The highest BCUT2D eigenvalue weighted by Gasteiger charge is 2.48. The second kappa shape index (κ2) is 12.2. The third-order valence-corrected chi connectivity index (χ3v) is 7.37. The molecule has 2 fully saturated rings. The molecule has 2 aliphatic heterocycles. The highest BCUT2D eigenvalue weighted by molar-refractivity contribution is 6.30. The topological polar surface area (TPSA) is 170 Å². The fourth-order valence-corrected chi connectivity index (χ4v) is 5.08. The van der Waals surface area contributed by atoms with Crippen molar-refractivity contribution in [3.63, 3.8) is 0 Å². The van der Waals surface area contributed by atoms with Crippen LogP contribution < -0.4 is 21.5 Å². The molecule has 0 unspecified atom stereocenters. The van der Waals surface area contributed by atoms with Gasteiger partial charge in [0, 0.05) is 51.1 Å². The number of piperazine rings is 1. The summed E-state index contributed by atoms with van der Waals surface area (Å²) in [6.07, 6.45) is -3.50. The van der Waals surface area contributed by atoms with Crippen LogP contribution in [0.4, 0.5) is 5.82 Å². The molecule has 2 aromatic heterocycles. The zero-order valence-corrected chi connectivity index (χ0v) is 22.6. The molecular formula is C27H29ClN6O7. The molecule has 2 saturated heterocycles. The molecule has 0 spiro atoms. The molecule has 14 heteroatoms. The van der Waals surface area contributed by atoms with Crippen molar-refractivity contribution in [1.29, 1.82) is 0 Å². The van der Waals surface area contributed by atoms with Gasteiger partial charge in [0.25, 0.3) is 11.5 Å². The first-order chi connectivity index (χ1) is 19.7. The number of nitrogens with one attached hydrogen (secondary N) is 2. The molecule has 5 rings (SSSR count). The molecule has 4 N–H and O–H groups in total. The summed E-state index contributed by atoms with van der Waals surface area (Å²) in [5, 5.41) is 24.4. The highest BCUT2D eigenvalue weighted by Crippen LogP contribution is 2.28. The lowest BCUT2D eigenvalue weighted by Gasteiger charge is -2.37. The number of hydrogen-bond donors (Lipinski definition) is 4. The van der Waals surface area contributed by atoms with Crippen LogP contribution >= 0.6 is 11.6 Å². The number of aromatic nitrogens is 3. The molecule has 13 nitrogen and oxygen atoms in total. The van der Waals surface area contributed by atoms with Gasteiger partial charge in [0.15, 0.2) is 12.3 Å². The van der Waals surface area contributed by atoms with Crippen molar-refractivity contribution < 1.29 is 24.5 Å². The number of carbonyl (C=O) groups is 2. The second-order valence-electron chi connectivity index (χ2n) is 9.84. The molecule has 1 aromatic carbocycles. The van der Waals surface area contributed by atoms with Crippen molar-refractivity contribution >= 4 is 29.2 Å². The van der Waals surface area contributed by atoms with E-state index in [9.17, 15) is 29.4 Å². The third kappa shape index (κ3) is 6.33. The molecule has 4 heterocycles. The Morgan fingerprint density at radius 1 is 1.05 bits per heavy atom. The van der Waals surface area contributed by atoms with Crippen LogP contribution in [0.3, 0.4) is 0 Å². The Balaban J connectivity index is 1.29. The molecule has 5 atom stereocenters. The average Bonchev–Trinajstić information content (AvgIpc) is 3.27. The van der Waals surface area contributed by atoms with Crippen molar-refractivity contribution in [2.75, 3.05) is 31.1 Å². The molecule has 41 heavy (non-hydrogen) atoms.